The maximum atomic E-state index is 15.0. The van der Waals surface area contributed by atoms with Gasteiger partial charge in [-0.25, -0.2) is 14.0 Å². The summed E-state index contributed by atoms with van der Waals surface area (Å²) < 4.78 is 37.3. The summed E-state index contributed by atoms with van der Waals surface area (Å²) in [6.45, 7) is 13.1. The highest BCUT2D eigenvalue weighted by Crippen LogP contribution is 2.31. The molecule has 2 rings (SSSR count). The quantitative estimate of drug-likeness (QED) is 0.0658. The van der Waals surface area contributed by atoms with E-state index in [4.69, 9.17) is 18.9 Å². The second-order valence-corrected chi connectivity index (χ2v) is 15.8. The Hall–Kier alpha value is -3.47. The number of aryl methyl sites for hydroxylation is 1. The van der Waals surface area contributed by atoms with Crippen molar-refractivity contribution in [2.75, 3.05) is 38.1 Å². The Balaban J connectivity index is 2.20. The molecule has 0 aliphatic heterocycles. The summed E-state index contributed by atoms with van der Waals surface area (Å²) >= 11 is 0. The molecule has 0 saturated carbocycles. The zero-order chi connectivity index (χ0) is 33.2. The van der Waals surface area contributed by atoms with Crippen molar-refractivity contribution in [3.05, 3.63) is 72.1 Å². The Morgan fingerprint density at radius 2 is 1.36 bits per heavy atom. The lowest BCUT2D eigenvalue weighted by molar-refractivity contribution is -0.139. The first-order chi connectivity index (χ1) is 21.6. The predicted octanol–water partition coefficient (Wildman–Crippen LogP) is 6.37. The van der Waals surface area contributed by atoms with Crippen LogP contribution < -0.4 is 9.47 Å². The van der Waals surface area contributed by atoms with E-state index in [1.807, 2.05) is 6.07 Å². The van der Waals surface area contributed by atoms with Crippen molar-refractivity contribution in [2.45, 2.75) is 72.1 Å². The largest absolute Gasteiger partial charge is 0.497 e. The van der Waals surface area contributed by atoms with Gasteiger partial charge in [0.15, 0.2) is 19.6 Å². The summed E-state index contributed by atoms with van der Waals surface area (Å²) in [6, 6.07) is 10.3. The number of ether oxygens (including phenoxy) is 4. The number of carbonyl (C=O) groups is 2. The second-order valence-electron chi connectivity index (χ2n) is 11.6. The van der Waals surface area contributed by atoms with E-state index in [1.54, 1.807) is 31.2 Å². The maximum Gasteiger partial charge on any atom is 0.333 e. The average molecular weight is 645 g/mol. The van der Waals surface area contributed by atoms with E-state index in [0.717, 1.165) is 30.4 Å². The van der Waals surface area contributed by atoms with Crippen LogP contribution in [0.1, 0.15) is 71.3 Å². The van der Waals surface area contributed by atoms with Crippen molar-refractivity contribution in [1.82, 2.24) is 0 Å². The molecule has 0 aliphatic carbocycles. The Bertz CT molecular complexity index is 1270. The number of carbonyl (C=O) groups excluding carboxylic acids is 2. The summed E-state index contributed by atoms with van der Waals surface area (Å²) in [7, 11) is -2.98. The topological polar surface area (TPSA) is 112 Å². The number of halogens is 1. The summed E-state index contributed by atoms with van der Waals surface area (Å²) in [5.74, 6) is -0.810. The average Bonchev–Trinajstić information content (AvgIpc) is 3.03. The lowest BCUT2D eigenvalue weighted by atomic mass is 10.00. The highest BCUT2D eigenvalue weighted by molar-refractivity contribution is 6.79. The molecule has 0 unspecified atom stereocenters. The van der Waals surface area contributed by atoms with Crippen molar-refractivity contribution in [2.24, 2.45) is 0 Å². The molecule has 2 aromatic carbocycles. The third-order valence-corrected chi connectivity index (χ3v) is 10.2. The van der Waals surface area contributed by atoms with Crippen molar-refractivity contribution in [3.63, 3.8) is 0 Å². The van der Waals surface area contributed by atoms with Gasteiger partial charge in [0, 0.05) is 23.6 Å². The first-order valence-corrected chi connectivity index (χ1v) is 18.4. The highest BCUT2D eigenvalue weighted by Gasteiger charge is 2.36. The van der Waals surface area contributed by atoms with Gasteiger partial charge in [-0.3, -0.25) is 0 Å². The first kappa shape index (κ1) is 37.7. The van der Waals surface area contributed by atoms with Crippen LogP contribution in [-0.2, 0) is 25.5 Å². The van der Waals surface area contributed by atoms with Gasteiger partial charge < -0.3 is 29.2 Å². The Morgan fingerprint density at radius 1 is 0.756 bits per heavy atom. The number of aliphatic hydroxyl groups is 2. The van der Waals surface area contributed by atoms with Gasteiger partial charge in [0.05, 0.1) is 25.7 Å². The standard InChI is InChI=1S/C35H49FO8Si/c1-6-7-8-9-10-11-18-41-33-17-15-29(21-31(33)36)28-14-16-32(30(20-28)13-12-19-42-34(39)26(2)3)43-24-45(22-37,23-38)25-44-35(40)27(4)5/h14-17,20-21,37-38H,2,4,6-13,18-19,22-25H2,1,3,5H3. The van der Waals surface area contributed by atoms with Crippen molar-refractivity contribution < 1.29 is 43.1 Å². The van der Waals surface area contributed by atoms with Crippen molar-refractivity contribution >= 4 is 20.0 Å². The van der Waals surface area contributed by atoms with Crippen LogP contribution in [0.2, 0.25) is 0 Å². The molecular weight excluding hydrogens is 595 g/mol. The zero-order valence-electron chi connectivity index (χ0n) is 27.0. The van der Waals surface area contributed by atoms with Crippen LogP contribution in [0.3, 0.4) is 0 Å². The maximum absolute atomic E-state index is 15.0. The van der Waals surface area contributed by atoms with Gasteiger partial charge in [0.25, 0.3) is 0 Å². The molecule has 0 amide bonds. The SMILES string of the molecule is C=C(C)C(=O)OCCCc1cc(-c2ccc(OCCCCCCCC)c(F)c2)ccc1OC[Si](CO)(CO)COC(=O)C(=C)C. The van der Waals surface area contributed by atoms with E-state index in [0.29, 0.717) is 36.3 Å². The van der Waals surface area contributed by atoms with E-state index < -0.39 is 25.8 Å². The van der Waals surface area contributed by atoms with E-state index in [2.05, 4.69) is 20.1 Å². The van der Waals surface area contributed by atoms with E-state index in [1.165, 1.54) is 32.3 Å². The summed E-state index contributed by atoms with van der Waals surface area (Å²) in [5, 5.41) is 20.2. The monoisotopic (exact) mass is 644 g/mol. The minimum atomic E-state index is -2.98. The van der Waals surface area contributed by atoms with Gasteiger partial charge in [0.2, 0.25) is 0 Å². The number of aliphatic hydroxyl groups excluding tert-OH is 2. The third kappa shape index (κ3) is 12.8. The molecule has 45 heavy (non-hydrogen) atoms. The number of rotatable bonds is 22. The molecule has 8 nitrogen and oxygen atoms in total. The van der Waals surface area contributed by atoms with Gasteiger partial charge in [0.1, 0.15) is 5.75 Å². The van der Waals surface area contributed by atoms with Crippen LogP contribution >= 0.6 is 0 Å². The van der Waals surface area contributed by atoms with Gasteiger partial charge in [-0.15, -0.1) is 0 Å². The number of hydrogen-bond donors (Lipinski definition) is 2. The number of esters is 2. The van der Waals surface area contributed by atoms with Crippen LogP contribution in [0.4, 0.5) is 4.39 Å². The molecule has 2 N–H and O–H groups in total. The molecule has 0 heterocycles. The minimum absolute atomic E-state index is 0.0142. The molecule has 2 aromatic rings. The van der Waals surface area contributed by atoms with Crippen LogP contribution in [0.5, 0.6) is 11.5 Å². The van der Waals surface area contributed by atoms with Gasteiger partial charge in [-0.05, 0) is 74.1 Å². The molecule has 0 fully saturated rings. The number of benzene rings is 2. The zero-order valence-corrected chi connectivity index (χ0v) is 28.0. The molecule has 248 valence electrons. The molecule has 0 spiro atoms. The first-order valence-electron chi connectivity index (χ1n) is 15.6. The molecule has 0 bridgehead atoms. The van der Waals surface area contributed by atoms with E-state index in [-0.39, 0.29) is 42.9 Å². The van der Waals surface area contributed by atoms with Crippen LogP contribution in [0, 0.1) is 5.82 Å². The molecule has 0 radical (unpaired) electrons. The smallest absolute Gasteiger partial charge is 0.333 e. The Morgan fingerprint density at radius 3 is 1.98 bits per heavy atom. The van der Waals surface area contributed by atoms with Crippen LogP contribution in [-0.4, -0.2) is 68.4 Å². The third-order valence-electron chi connectivity index (χ3n) is 7.32. The number of hydrogen-bond acceptors (Lipinski definition) is 8. The normalized spacial score (nSPS) is 11.2. The lowest BCUT2D eigenvalue weighted by Gasteiger charge is -2.27. The Labute approximate surface area is 267 Å². The predicted molar refractivity (Wildman–Crippen MR) is 176 cm³/mol. The summed E-state index contributed by atoms with van der Waals surface area (Å²) in [6.07, 6.45) is 6.81. The fourth-order valence-corrected chi connectivity index (χ4v) is 5.80. The molecule has 0 aliphatic rings. The van der Waals surface area contributed by atoms with Gasteiger partial charge in [-0.2, -0.15) is 0 Å². The van der Waals surface area contributed by atoms with E-state index in [9.17, 15) is 19.8 Å². The minimum Gasteiger partial charge on any atom is -0.497 e. The van der Waals surface area contributed by atoms with Crippen LogP contribution in [0.15, 0.2) is 60.7 Å². The number of unbranched alkanes of at least 4 members (excludes halogenated alkanes) is 5. The van der Waals surface area contributed by atoms with Crippen LogP contribution in [0.25, 0.3) is 11.1 Å². The second kappa shape index (κ2) is 19.8. The van der Waals surface area contributed by atoms with Gasteiger partial charge >= 0.3 is 11.9 Å². The molecular formula is C35H49FO8Si. The summed E-state index contributed by atoms with van der Waals surface area (Å²) in [4.78, 5) is 23.7. The van der Waals surface area contributed by atoms with Gasteiger partial charge in [-0.1, -0.05) is 64.3 Å². The lowest BCUT2D eigenvalue weighted by Crippen LogP contribution is -2.55. The van der Waals surface area contributed by atoms with E-state index >= 15 is 4.39 Å². The fourth-order valence-electron chi connectivity index (χ4n) is 4.35. The fraction of sp³-hybridized carbons (Fsp3) is 0.486. The van der Waals surface area contributed by atoms with Crippen molar-refractivity contribution in [1.29, 1.82) is 0 Å². The van der Waals surface area contributed by atoms with Crippen molar-refractivity contribution in [3.8, 4) is 22.6 Å². The molecule has 0 atom stereocenters. The Kier molecular flexibility index (Phi) is 16.6. The summed E-state index contributed by atoms with van der Waals surface area (Å²) in [5.41, 5.74) is 2.70. The molecule has 0 saturated heterocycles. The highest BCUT2D eigenvalue weighted by atomic mass is 28.3. The molecule has 0 aromatic heterocycles. The molecule has 10 heteroatoms.